The van der Waals surface area contributed by atoms with E-state index in [1.54, 1.807) is 42.7 Å². The minimum Gasteiger partial charge on any atom is -0.493 e. The van der Waals surface area contributed by atoms with Gasteiger partial charge >= 0.3 is 0 Å². The molecule has 0 radical (unpaired) electrons. The number of benzene rings is 6. The van der Waals surface area contributed by atoms with Crippen molar-refractivity contribution in [2.24, 2.45) is 0 Å². The fourth-order valence-electron chi connectivity index (χ4n) is 9.90. The van der Waals surface area contributed by atoms with Gasteiger partial charge in [-0.15, -0.1) is 6.58 Å². The Kier molecular flexibility index (Phi) is 20.6. The first-order valence-corrected chi connectivity index (χ1v) is 28.3. The van der Waals surface area contributed by atoms with Crippen LogP contribution in [-0.2, 0) is 21.7 Å². The summed E-state index contributed by atoms with van der Waals surface area (Å²) in [5, 5.41) is 14.4. The average Bonchev–Trinajstić information content (AvgIpc) is 3.38. The number of rotatable bonds is 23. The standard InChI is InChI=1S/C30H40O5Si.C30H38O4Si/c1-30(2,3)36(25-15-9-7-10-16-25,26-17-11-8-12-18-26)35-24(14-13-21-31)22-23-19-20-27(32-4)29(34-6)28(23)33-5;1-8-15-24(22-23-20-21-27(31-5)29(33-7)28(23)32-6)34-35(30(2,3)4,25-16-11-9-12-17-25)26-18-13-10-14-19-26/h7-12,15-20,24,31H,13-14,21-22H2,1-6H3;8-14,16-21,24H,1,15,22H2,2-7H3. The van der Waals surface area contributed by atoms with E-state index in [2.05, 4.69) is 157 Å². The Morgan fingerprint density at radius 1 is 0.451 bits per heavy atom. The van der Waals surface area contributed by atoms with Crippen LogP contribution in [0, 0.1) is 0 Å². The van der Waals surface area contributed by atoms with Crippen molar-refractivity contribution >= 4 is 37.4 Å². The molecular formula is C60H78O9Si2. The molecule has 71 heavy (non-hydrogen) atoms. The summed E-state index contributed by atoms with van der Waals surface area (Å²) >= 11 is 0. The second kappa shape index (κ2) is 26.0. The third kappa shape index (κ3) is 12.8. The van der Waals surface area contributed by atoms with Gasteiger partial charge in [0, 0.05) is 30.6 Å². The molecule has 1 N–H and O–H groups in total. The van der Waals surface area contributed by atoms with E-state index in [0.717, 1.165) is 17.5 Å². The SMILES string of the molecule is C=CCC(Cc1ccc(OC)c(OC)c1OC)O[Si](c1ccccc1)(c1ccccc1)C(C)(C)C.COc1ccc(CC(CCCO)O[Si](c2ccccc2)(c2ccccc2)C(C)(C)C)c(OC)c1OC. The van der Waals surface area contributed by atoms with Crippen LogP contribution in [0.25, 0.3) is 0 Å². The van der Waals surface area contributed by atoms with Crippen LogP contribution in [0.15, 0.2) is 158 Å². The fraction of sp³-hybridized carbons (Fsp3) is 0.367. The summed E-state index contributed by atoms with van der Waals surface area (Å²) in [6.07, 6.45) is 5.05. The lowest BCUT2D eigenvalue weighted by atomic mass is 10.0. The molecule has 380 valence electrons. The second-order valence-electron chi connectivity index (χ2n) is 19.6. The van der Waals surface area contributed by atoms with E-state index in [-0.39, 0.29) is 28.9 Å². The maximum Gasteiger partial charge on any atom is 0.261 e. The lowest BCUT2D eigenvalue weighted by molar-refractivity contribution is 0.160. The van der Waals surface area contributed by atoms with Crippen LogP contribution in [0.3, 0.4) is 0 Å². The number of methoxy groups -OCH3 is 6. The van der Waals surface area contributed by atoms with Crippen LogP contribution in [0.5, 0.6) is 34.5 Å². The van der Waals surface area contributed by atoms with Crippen LogP contribution < -0.4 is 49.2 Å². The third-order valence-electron chi connectivity index (χ3n) is 13.1. The molecule has 6 rings (SSSR count). The zero-order valence-electron chi connectivity index (χ0n) is 44.3. The molecule has 0 amide bonds. The molecule has 11 heteroatoms. The molecular weight excluding hydrogens is 921 g/mol. The van der Waals surface area contributed by atoms with Crippen LogP contribution in [0.1, 0.15) is 71.9 Å². The van der Waals surface area contributed by atoms with Crippen LogP contribution in [-0.4, -0.2) is 83.2 Å². The topological polar surface area (TPSA) is 94.1 Å². The van der Waals surface area contributed by atoms with Crippen molar-refractivity contribution in [1.82, 2.24) is 0 Å². The highest BCUT2D eigenvalue weighted by atomic mass is 28.4. The van der Waals surface area contributed by atoms with Gasteiger partial charge in [-0.05, 0) is 62.2 Å². The van der Waals surface area contributed by atoms with Gasteiger partial charge in [0.1, 0.15) is 0 Å². The quantitative estimate of drug-likeness (QED) is 0.0497. The molecule has 0 aliphatic carbocycles. The van der Waals surface area contributed by atoms with Crippen molar-refractivity contribution in [3.05, 3.63) is 169 Å². The molecule has 0 spiro atoms. The molecule has 0 aromatic heterocycles. The van der Waals surface area contributed by atoms with Gasteiger partial charge in [-0.3, -0.25) is 0 Å². The Labute approximate surface area is 427 Å². The van der Waals surface area contributed by atoms with Crippen molar-refractivity contribution < 1.29 is 42.4 Å². The van der Waals surface area contributed by atoms with Crippen molar-refractivity contribution in [3.63, 3.8) is 0 Å². The van der Waals surface area contributed by atoms with Gasteiger partial charge in [-0.2, -0.15) is 0 Å². The number of aliphatic hydroxyl groups is 1. The maximum absolute atomic E-state index is 9.72. The van der Waals surface area contributed by atoms with E-state index in [0.29, 0.717) is 60.2 Å². The summed E-state index contributed by atoms with van der Waals surface area (Å²) in [5.74, 6) is 3.75. The number of hydrogen-bond donors (Lipinski definition) is 1. The molecule has 0 bridgehead atoms. The number of ether oxygens (including phenoxy) is 6. The van der Waals surface area contributed by atoms with Gasteiger partial charge in [0.15, 0.2) is 23.0 Å². The molecule has 0 heterocycles. The van der Waals surface area contributed by atoms with Gasteiger partial charge in [0.2, 0.25) is 11.5 Å². The summed E-state index contributed by atoms with van der Waals surface area (Å²) in [6.45, 7) is 17.9. The molecule has 0 saturated heterocycles. The maximum atomic E-state index is 9.72. The van der Waals surface area contributed by atoms with Crippen LogP contribution >= 0.6 is 0 Å². The van der Waals surface area contributed by atoms with Crippen LogP contribution in [0.2, 0.25) is 10.1 Å². The largest absolute Gasteiger partial charge is 0.493 e. The number of hydrogen-bond acceptors (Lipinski definition) is 9. The predicted molar refractivity (Wildman–Crippen MR) is 296 cm³/mol. The monoisotopic (exact) mass is 999 g/mol. The summed E-state index contributed by atoms with van der Waals surface area (Å²) in [5.41, 5.74) is 1.99. The molecule has 0 saturated carbocycles. The van der Waals surface area contributed by atoms with E-state index in [1.807, 2.05) is 42.5 Å². The van der Waals surface area contributed by atoms with Gasteiger partial charge in [-0.1, -0.05) is 181 Å². The van der Waals surface area contributed by atoms with Gasteiger partial charge < -0.3 is 42.4 Å². The molecule has 6 aromatic rings. The molecule has 0 fully saturated rings. The van der Waals surface area contributed by atoms with E-state index in [4.69, 9.17) is 37.3 Å². The summed E-state index contributed by atoms with van der Waals surface area (Å²) in [4.78, 5) is 0. The lowest BCUT2D eigenvalue weighted by Gasteiger charge is -2.45. The van der Waals surface area contributed by atoms with Crippen molar-refractivity contribution in [3.8, 4) is 34.5 Å². The van der Waals surface area contributed by atoms with Crippen LogP contribution in [0.4, 0.5) is 0 Å². The highest BCUT2D eigenvalue weighted by molar-refractivity contribution is 7.00. The number of aliphatic hydroxyl groups excluding tert-OH is 1. The fourth-order valence-corrected chi connectivity index (χ4v) is 19.3. The van der Waals surface area contributed by atoms with Gasteiger partial charge in [0.05, 0.1) is 54.9 Å². The highest BCUT2D eigenvalue weighted by Gasteiger charge is 2.52. The molecule has 0 aliphatic heterocycles. The molecule has 2 unspecified atom stereocenters. The smallest absolute Gasteiger partial charge is 0.261 e. The minimum atomic E-state index is -2.76. The first kappa shape index (κ1) is 56.1. The zero-order valence-corrected chi connectivity index (χ0v) is 46.3. The first-order chi connectivity index (χ1) is 34.1. The van der Waals surface area contributed by atoms with E-state index in [9.17, 15) is 5.11 Å². The predicted octanol–water partition coefficient (Wildman–Crippen LogP) is 10.7. The molecule has 9 nitrogen and oxygen atoms in total. The third-order valence-corrected chi connectivity index (χ3v) is 23.3. The van der Waals surface area contributed by atoms with E-state index in [1.165, 1.54) is 20.7 Å². The minimum absolute atomic E-state index is 0.106. The Hall–Kier alpha value is -5.83. The Balaban J connectivity index is 0.000000264. The van der Waals surface area contributed by atoms with Crippen molar-refractivity contribution in [1.29, 1.82) is 0 Å². The Morgan fingerprint density at radius 3 is 1.06 bits per heavy atom. The molecule has 0 aliphatic rings. The second-order valence-corrected chi connectivity index (χ2v) is 28.1. The highest BCUT2D eigenvalue weighted by Crippen LogP contribution is 2.44. The average molecular weight is 999 g/mol. The van der Waals surface area contributed by atoms with Gasteiger partial charge in [-0.25, -0.2) is 0 Å². The molecule has 2 atom stereocenters. The Bertz CT molecular complexity index is 2450. The summed E-state index contributed by atoms with van der Waals surface area (Å²) in [6, 6.07) is 50.5. The Morgan fingerprint density at radius 2 is 0.775 bits per heavy atom. The van der Waals surface area contributed by atoms with E-state index >= 15 is 0 Å². The van der Waals surface area contributed by atoms with Crippen molar-refractivity contribution in [2.45, 2.75) is 95.9 Å². The first-order valence-electron chi connectivity index (χ1n) is 24.5. The zero-order chi connectivity index (χ0) is 51.7. The summed E-state index contributed by atoms with van der Waals surface area (Å²) in [7, 11) is 4.32. The van der Waals surface area contributed by atoms with E-state index < -0.39 is 16.6 Å². The summed E-state index contributed by atoms with van der Waals surface area (Å²) < 4.78 is 48.6. The normalized spacial score (nSPS) is 12.7. The lowest BCUT2D eigenvalue weighted by Crippen LogP contribution is -2.67. The van der Waals surface area contributed by atoms with Crippen molar-refractivity contribution in [2.75, 3.05) is 49.3 Å². The van der Waals surface area contributed by atoms with Gasteiger partial charge in [0.25, 0.3) is 16.6 Å². The molecule has 6 aromatic carbocycles.